The summed E-state index contributed by atoms with van der Waals surface area (Å²) in [5.41, 5.74) is 0.574. The van der Waals surface area contributed by atoms with Crippen LogP contribution in [-0.4, -0.2) is 24.0 Å². The smallest absolute Gasteiger partial charge is 0.00388 e. The van der Waals surface area contributed by atoms with Gasteiger partial charge in [0.2, 0.25) is 0 Å². The van der Waals surface area contributed by atoms with E-state index in [0.717, 1.165) is 6.04 Å². The van der Waals surface area contributed by atoms with Crippen LogP contribution in [0.4, 0.5) is 0 Å². The van der Waals surface area contributed by atoms with E-state index in [-0.39, 0.29) is 0 Å². The minimum Gasteiger partial charge on any atom is -0.300 e. The maximum absolute atomic E-state index is 2.56. The number of hydrogen-bond acceptors (Lipinski definition) is 1. The number of unbranched alkanes of at least 4 members (excludes halogenated alkanes) is 4. The van der Waals surface area contributed by atoms with Crippen molar-refractivity contribution in [3.63, 3.8) is 0 Å². The zero-order chi connectivity index (χ0) is 16.0. The van der Waals surface area contributed by atoms with E-state index in [9.17, 15) is 0 Å². The molecule has 0 saturated carbocycles. The molecular weight excluding hydrogens is 242 g/mol. The fraction of sp³-hybridized carbons (Fsp3) is 1.00. The van der Waals surface area contributed by atoms with E-state index in [2.05, 4.69) is 60.3 Å². The Morgan fingerprint density at radius 2 is 1.25 bits per heavy atom. The Hall–Kier alpha value is -0.0400. The topological polar surface area (TPSA) is 3.24 Å². The predicted octanol–water partition coefficient (Wildman–Crippen LogP) is 6.52. The van der Waals surface area contributed by atoms with Crippen LogP contribution in [0.5, 0.6) is 0 Å². The summed E-state index contributed by atoms with van der Waals surface area (Å²) in [5, 5.41) is 0. The average Bonchev–Trinajstić information content (AvgIpc) is 2.74. The maximum atomic E-state index is 2.56. The second-order valence-corrected chi connectivity index (χ2v) is 7.19. The first-order valence-corrected chi connectivity index (χ1v) is 9.08. The SMILES string of the molecule is CC(C)N1CCC(C)(C)C1.CCCCC.CCCCC. The summed E-state index contributed by atoms with van der Waals surface area (Å²) in [5.74, 6) is 0. The zero-order valence-electron chi connectivity index (χ0n) is 15.9. The highest BCUT2D eigenvalue weighted by Crippen LogP contribution is 2.29. The first-order chi connectivity index (χ1) is 9.34. The van der Waals surface area contributed by atoms with Crippen LogP contribution in [0.3, 0.4) is 0 Å². The summed E-state index contributed by atoms with van der Waals surface area (Å²) in [4.78, 5) is 2.56. The third kappa shape index (κ3) is 14.4. The van der Waals surface area contributed by atoms with Crippen molar-refractivity contribution in [2.75, 3.05) is 13.1 Å². The van der Waals surface area contributed by atoms with Crippen LogP contribution in [0, 0.1) is 5.41 Å². The van der Waals surface area contributed by atoms with Gasteiger partial charge in [-0.15, -0.1) is 0 Å². The molecule has 1 saturated heterocycles. The molecule has 0 unspecified atom stereocenters. The monoisotopic (exact) mass is 285 g/mol. The summed E-state index contributed by atoms with van der Waals surface area (Å²) in [6.45, 7) is 20.7. The summed E-state index contributed by atoms with van der Waals surface area (Å²) in [7, 11) is 0. The first-order valence-electron chi connectivity index (χ1n) is 9.08. The highest BCUT2D eigenvalue weighted by atomic mass is 15.2. The molecular formula is C19H43N. The summed E-state index contributed by atoms with van der Waals surface area (Å²) in [6.07, 6.45) is 9.52. The molecule has 20 heavy (non-hydrogen) atoms. The minimum atomic E-state index is 0.574. The summed E-state index contributed by atoms with van der Waals surface area (Å²) in [6, 6.07) is 0.738. The molecule has 0 amide bonds. The highest BCUT2D eigenvalue weighted by molar-refractivity contribution is 4.83. The number of nitrogens with zero attached hydrogens (tertiary/aromatic N) is 1. The van der Waals surface area contributed by atoms with Crippen molar-refractivity contribution in [3.05, 3.63) is 0 Å². The van der Waals surface area contributed by atoms with Crippen LogP contribution in [-0.2, 0) is 0 Å². The van der Waals surface area contributed by atoms with Gasteiger partial charge < -0.3 is 4.90 Å². The number of rotatable bonds is 5. The second kappa shape index (κ2) is 13.9. The molecule has 0 spiro atoms. The third-order valence-electron chi connectivity index (χ3n) is 3.85. The molecule has 1 heterocycles. The molecule has 1 fully saturated rings. The Morgan fingerprint density at radius 1 is 0.850 bits per heavy atom. The Kier molecular flexibility index (Phi) is 15.5. The summed E-state index contributed by atoms with van der Waals surface area (Å²) >= 11 is 0. The molecule has 0 aromatic rings. The van der Waals surface area contributed by atoms with Crippen molar-refractivity contribution in [1.82, 2.24) is 4.90 Å². The van der Waals surface area contributed by atoms with Crippen molar-refractivity contribution in [3.8, 4) is 0 Å². The van der Waals surface area contributed by atoms with Gasteiger partial charge in [0, 0.05) is 12.6 Å². The van der Waals surface area contributed by atoms with Crippen LogP contribution < -0.4 is 0 Å². The number of likely N-dealkylation sites (tertiary alicyclic amines) is 1. The van der Waals surface area contributed by atoms with Crippen molar-refractivity contribution >= 4 is 0 Å². The molecule has 1 rings (SSSR count). The van der Waals surface area contributed by atoms with Crippen LogP contribution in [0.2, 0.25) is 0 Å². The lowest BCUT2D eigenvalue weighted by atomic mass is 9.93. The average molecular weight is 286 g/mol. The molecule has 0 radical (unpaired) electrons. The van der Waals surface area contributed by atoms with Gasteiger partial charge in [0.1, 0.15) is 0 Å². The van der Waals surface area contributed by atoms with E-state index in [4.69, 9.17) is 0 Å². The van der Waals surface area contributed by atoms with E-state index >= 15 is 0 Å². The molecule has 1 aliphatic heterocycles. The predicted molar refractivity (Wildman–Crippen MR) is 95.5 cm³/mol. The molecule has 1 nitrogen and oxygen atoms in total. The minimum absolute atomic E-state index is 0.574. The fourth-order valence-electron chi connectivity index (χ4n) is 2.30. The van der Waals surface area contributed by atoms with Gasteiger partial charge in [-0.1, -0.05) is 80.1 Å². The van der Waals surface area contributed by atoms with Gasteiger partial charge in [0.15, 0.2) is 0 Å². The van der Waals surface area contributed by atoms with Crippen molar-refractivity contribution < 1.29 is 0 Å². The molecule has 0 aliphatic carbocycles. The van der Waals surface area contributed by atoms with E-state index in [1.54, 1.807) is 0 Å². The Balaban J connectivity index is 0. The maximum Gasteiger partial charge on any atom is 0.00388 e. The largest absolute Gasteiger partial charge is 0.300 e. The van der Waals surface area contributed by atoms with Gasteiger partial charge in [-0.2, -0.15) is 0 Å². The van der Waals surface area contributed by atoms with Gasteiger partial charge >= 0.3 is 0 Å². The van der Waals surface area contributed by atoms with Crippen molar-refractivity contribution in [2.24, 2.45) is 5.41 Å². The van der Waals surface area contributed by atoms with E-state index < -0.39 is 0 Å². The van der Waals surface area contributed by atoms with Crippen molar-refractivity contribution in [2.45, 2.75) is 106 Å². The quantitative estimate of drug-likeness (QED) is 0.556. The molecule has 1 aliphatic rings. The third-order valence-corrected chi connectivity index (χ3v) is 3.85. The Morgan fingerprint density at radius 3 is 1.35 bits per heavy atom. The molecule has 0 bridgehead atoms. The molecule has 0 atom stereocenters. The van der Waals surface area contributed by atoms with Crippen molar-refractivity contribution in [1.29, 1.82) is 0 Å². The van der Waals surface area contributed by atoms with Gasteiger partial charge in [-0.05, 0) is 32.2 Å². The zero-order valence-corrected chi connectivity index (χ0v) is 15.9. The molecule has 124 valence electrons. The fourth-order valence-corrected chi connectivity index (χ4v) is 2.30. The lowest BCUT2D eigenvalue weighted by Crippen LogP contribution is -2.29. The lowest BCUT2D eigenvalue weighted by molar-refractivity contribution is 0.243. The van der Waals surface area contributed by atoms with Gasteiger partial charge in [0.25, 0.3) is 0 Å². The van der Waals surface area contributed by atoms with Gasteiger partial charge in [0.05, 0.1) is 0 Å². The number of hydrogen-bond donors (Lipinski definition) is 0. The van der Waals surface area contributed by atoms with Gasteiger partial charge in [-0.25, -0.2) is 0 Å². The lowest BCUT2D eigenvalue weighted by Gasteiger charge is -2.22. The molecule has 1 heteroatoms. The first kappa shape index (κ1) is 22.2. The van der Waals surface area contributed by atoms with E-state index in [1.807, 2.05) is 0 Å². The van der Waals surface area contributed by atoms with Crippen LogP contribution in [0.15, 0.2) is 0 Å². The Bertz CT molecular complexity index is 174. The molecule has 0 N–H and O–H groups in total. The molecule has 0 aromatic carbocycles. The van der Waals surface area contributed by atoms with Crippen LogP contribution >= 0.6 is 0 Å². The Labute approximate surface area is 130 Å². The van der Waals surface area contributed by atoms with E-state index in [1.165, 1.54) is 58.0 Å². The molecule has 0 aromatic heterocycles. The van der Waals surface area contributed by atoms with Crippen LogP contribution in [0.25, 0.3) is 0 Å². The van der Waals surface area contributed by atoms with Gasteiger partial charge in [-0.3, -0.25) is 0 Å². The summed E-state index contributed by atoms with van der Waals surface area (Å²) < 4.78 is 0. The standard InChI is InChI=1S/C9H19N.2C5H12/c1-8(2)10-6-5-9(3,4)7-10;2*1-3-5-4-2/h8H,5-7H2,1-4H3;2*3-5H2,1-2H3. The van der Waals surface area contributed by atoms with E-state index in [0.29, 0.717) is 5.41 Å². The normalized spacial score (nSPS) is 17.2. The second-order valence-electron chi connectivity index (χ2n) is 7.19. The highest BCUT2D eigenvalue weighted by Gasteiger charge is 2.29. The van der Waals surface area contributed by atoms with Crippen LogP contribution in [0.1, 0.15) is 100 Å².